The molecule has 0 spiro atoms. The van der Waals surface area contributed by atoms with Gasteiger partial charge in [-0.1, -0.05) is 24.3 Å². The molecule has 0 fully saturated rings. The standard InChI is InChI=1S/C21H24N4O6.C20H25N5O4.C20H24N4O5.C19H23N5O4.C16H25N5O4/c1-13(31-20(29)15-10-5-4-9-14(15)19(27)28)8-6-7-11-25-18(26)16-17(22-12-23(16)2)24(3)21(25)30;1-13(29-19(27)14-9-4-5-10-15(14)21)8-6-7-11-25-18(26)16-17(22-12-23(16)2)24(3)20(25)28;1-13(29-19(27)14-7-9-15(25)10-8-14)6-4-5-11-24-18(26)16-17(21-12-22(16)2)23(3)20(24)28;1-13(28-18(26)14-8-6-9-20-11-14)7-4-5-10-24-17(25)15-16(21-12-22(15)2)23(3)19(24)27;1-11(25-16(24)18(2)3)8-6-7-9-21-14(22)12-13(17-10-19(12)4)20(5)15(21)23/h4-5,9-10,12-13H,6-8,11H2,1-3H3,(H,27,28);4-5,9-10,12-13H,6-8,11,21H2,1-3H3;7-10,12-13,25H,4-6,11H2,1-3H3;6,8-9,11-13H,4-5,7,10H2,1-3H3;10-11H,6-9H2,1-5H3. The molecule has 11 heterocycles. The van der Waals surface area contributed by atoms with E-state index in [0.29, 0.717) is 188 Å². The molecular formula is C96H121N23O23. The number of aromatic carboxylic acids is 1. The van der Waals surface area contributed by atoms with Crippen molar-refractivity contribution in [3.63, 3.8) is 0 Å². The highest BCUT2D eigenvalue weighted by atomic mass is 16.6. The van der Waals surface area contributed by atoms with Crippen molar-refractivity contribution in [1.82, 2.24) is 103 Å². The van der Waals surface area contributed by atoms with Crippen LogP contribution in [-0.4, -0.2) is 194 Å². The van der Waals surface area contributed by atoms with Gasteiger partial charge in [-0.25, -0.2) is 77.7 Å². The van der Waals surface area contributed by atoms with Gasteiger partial charge in [-0.05, 0) is 192 Å². The molecule has 11 aromatic heterocycles. The Morgan fingerprint density at radius 2 is 0.606 bits per heavy atom. The summed E-state index contributed by atoms with van der Waals surface area (Å²) in [6.45, 7) is 10.4. The number of aromatic nitrogens is 21. The third-order valence-corrected chi connectivity index (χ3v) is 23.7. The number of nitrogens with zero attached hydrogens (tertiary/aromatic N) is 22. The molecule has 142 heavy (non-hydrogen) atoms. The third kappa shape index (κ3) is 26.0. The zero-order valence-electron chi connectivity index (χ0n) is 82.5. The number of hydrogen-bond donors (Lipinski definition) is 3. The topological polar surface area (TPSA) is 540 Å². The molecule has 3 aromatic carbocycles. The van der Waals surface area contributed by atoms with Gasteiger partial charge in [-0.2, -0.15) is 0 Å². The van der Waals surface area contributed by atoms with Crippen LogP contribution in [0, 0.1) is 0 Å². The quantitative estimate of drug-likeness (QED) is 0.0166. The van der Waals surface area contributed by atoms with Gasteiger partial charge in [0.25, 0.3) is 27.8 Å². The third-order valence-electron chi connectivity index (χ3n) is 23.7. The molecule has 14 rings (SSSR count). The highest BCUT2D eigenvalue weighted by Crippen LogP contribution is 2.21. The normalized spacial score (nSPS) is 12.2. The summed E-state index contributed by atoms with van der Waals surface area (Å²) in [6.07, 6.45) is 18.2. The van der Waals surface area contributed by atoms with Gasteiger partial charge in [0.1, 0.15) is 11.9 Å². The number of carboxylic acid groups (broad SMARTS) is 1. The number of esters is 4. The van der Waals surface area contributed by atoms with Gasteiger partial charge in [0.05, 0.1) is 83.9 Å². The number of carbonyl (C=O) groups excluding carboxylic acids is 5. The van der Waals surface area contributed by atoms with Crippen LogP contribution in [0.15, 0.2) is 177 Å². The molecule has 0 bridgehead atoms. The molecule has 758 valence electrons. The molecule has 0 saturated carbocycles. The molecule has 0 aliphatic rings. The monoisotopic (exact) mass is 1960 g/mol. The van der Waals surface area contributed by atoms with Crippen LogP contribution in [-0.2, 0) is 127 Å². The van der Waals surface area contributed by atoms with Gasteiger partial charge in [0.15, 0.2) is 55.8 Å². The molecule has 1 amide bonds. The van der Waals surface area contributed by atoms with E-state index in [1.807, 2.05) is 20.8 Å². The van der Waals surface area contributed by atoms with E-state index < -0.39 is 47.3 Å². The maximum Gasteiger partial charge on any atom is 0.409 e. The first-order valence-corrected chi connectivity index (χ1v) is 46.1. The number of phenols is 1. The molecule has 0 radical (unpaired) electrons. The number of hydrogen-bond acceptors (Lipinski definition) is 29. The Bertz CT molecular complexity index is 7580. The summed E-state index contributed by atoms with van der Waals surface area (Å²) in [6, 6.07) is 21.8. The SMILES string of the molecule is CC(CCCCn1c(=O)c2c(ncn2C)n(C)c1=O)OC(=O)N(C)C.CC(CCCCn1c(=O)c2c(ncn2C)n(C)c1=O)OC(=O)c1ccc(O)cc1.CC(CCCCn1c(=O)c2c(ncn2C)n(C)c1=O)OC(=O)c1ccccc1C(=O)O.CC(CCCCn1c(=O)c2c(ncn2C)n(C)c1=O)OC(=O)c1ccccc1N.CC(CCCCn1c(=O)c2c(ncn2C)n(C)c1=O)OC(=O)c1cccnc1. The van der Waals surface area contributed by atoms with Gasteiger partial charge in [0, 0.05) is 135 Å². The number of ether oxygens (including phenoxy) is 5. The van der Waals surface area contributed by atoms with E-state index in [-0.39, 0.29) is 105 Å². The molecule has 4 N–H and O–H groups in total. The predicted octanol–water partition coefficient (Wildman–Crippen LogP) is 6.47. The molecule has 14 aromatic rings. The van der Waals surface area contributed by atoms with E-state index in [1.165, 1.54) is 125 Å². The van der Waals surface area contributed by atoms with Gasteiger partial charge in [-0.15, -0.1) is 0 Å². The summed E-state index contributed by atoms with van der Waals surface area (Å²) in [5.41, 5.74) is 7.30. The van der Waals surface area contributed by atoms with E-state index in [0.717, 1.165) is 6.42 Å². The van der Waals surface area contributed by atoms with E-state index in [1.54, 1.807) is 176 Å². The number of carbonyl (C=O) groups is 6. The Labute approximate surface area is 810 Å². The number of unbranched alkanes of at least 4 members (excludes halogenated alkanes) is 5. The van der Waals surface area contributed by atoms with Crippen molar-refractivity contribution in [3.05, 3.63) is 261 Å². The number of nitrogen functional groups attached to an aromatic ring is 1. The summed E-state index contributed by atoms with van der Waals surface area (Å²) >= 11 is 0. The number of aromatic hydroxyl groups is 1. The van der Waals surface area contributed by atoms with Crippen LogP contribution < -0.4 is 62.0 Å². The zero-order chi connectivity index (χ0) is 104. The second-order valence-corrected chi connectivity index (χ2v) is 34.8. The second kappa shape index (κ2) is 48.9. The number of nitrogens with two attached hydrogens (primary N) is 1. The average Bonchev–Trinajstić information content (AvgIpc) is 1.62. The number of carboxylic acids is 1. The predicted molar refractivity (Wildman–Crippen MR) is 526 cm³/mol. The van der Waals surface area contributed by atoms with E-state index in [4.69, 9.17) is 29.4 Å². The van der Waals surface area contributed by atoms with Crippen molar-refractivity contribution in [2.45, 2.75) is 194 Å². The lowest BCUT2D eigenvalue weighted by atomic mass is 10.1. The minimum atomic E-state index is -1.20. The van der Waals surface area contributed by atoms with Crippen molar-refractivity contribution in [2.24, 2.45) is 70.5 Å². The summed E-state index contributed by atoms with van der Waals surface area (Å²) < 4.78 is 47.8. The van der Waals surface area contributed by atoms with Crippen molar-refractivity contribution >= 4 is 97.4 Å². The van der Waals surface area contributed by atoms with Crippen LogP contribution >= 0.6 is 0 Å². The van der Waals surface area contributed by atoms with Gasteiger partial charge in [0.2, 0.25) is 0 Å². The minimum absolute atomic E-state index is 0.00128. The van der Waals surface area contributed by atoms with E-state index >= 15 is 0 Å². The average molecular weight is 1970 g/mol. The molecule has 0 aliphatic carbocycles. The fraction of sp³-hybridized carbons (Fsp3) is 0.438. The Hall–Kier alpha value is -16.2. The first kappa shape index (κ1) is 108. The Balaban J connectivity index is 0.000000183. The maximum atomic E-state index is 12.7. The van der Waals surface area contributed by atoms with Crippen LogP contribution in [0.1, 0.15) is 183 Å². The Kier molecular flexibility index (Phi) is 37.1. The number of imidazole rings is 5. The van der Waals surface area contributed by atoms with Crippen molar-refractivity contribution in [3.8, 4) is 5.75 Å². The molecular weight excluding hydrogens is 1840 g/mol. The van der Waals surface area contributed by atoms with Crippen LogP contribution in [0.3, 0.4) is 0 Å². The summed E-state index contributed by atoms with van der Waals surface area (Å²) in [4.78, 5) is 222. The highest BCUT2D eigenvalue weighted by Gasteiger charge is 2.26. The first-order chi connectivity index (χ1) is 67.4. The number of phenolic OH excluding ortho intramolecular Hbond substituents is 1. The maximum absolute atomic E-state index is 12.7. The van der Waals surface area contributed by atoms with Crippen LogP contribution in [0.4, 0.5) is 10.5 Å². The smallest absolute Gasteiger partial charge is 0.409 e. The van der Waals surface area contributed by atoms with Crippen LogP contribution in [0.5, 0.6) is 5.75 Å². The first-order valence-electron chi connectivity index (χ1n) is 46.1. The molecule has 0 saturated heterocycles. The van der Waals surface area contributed by atoms with Gasteiger partial charge < -0.3 is 67.4 Å². The number of benzene rings is 3. The second-order valence-electron chi connectivity index (χ2n) is 34.8. The number of rotatable bonds is 35. The van der Waals surface area contributed by atoms with Crippen LogP contribution in [0.2, 0.25) is 0 Å². The molecule has 5 atom stereocenters. The zero-order valence-corrected chi connectivity index (χ0v) is 82.5. The van der Waals surface area contributed by atoms with Crippen molar-refractivity contribution < 1.29 is 62.7 Å². The lowest BCUT2D eigenvalue weighted by Gasteiger charge is -2.16. The van der Waals surface area contributed by atoms with Gasteiger partial charge in [-0.3, -0.25) is 74.6 Å². The number of pyridine rings is 1. The fourth-order valence-electron chi connectivity index (χ4n) is 15.7. The number of amides is 1. The largest absolute Gasteiger partial charge is 0.508 e. The molecule has 46 heteroatoms. The van der Waals surface area contributed by atoms with E-state index in [9.17, 15) is 86.9 Å². The molecule has 46 nitrogen and oxygen atoms in total. The molecule has 5 unspecified atom stereocenters. The number of fused-ring (bicyclic) bond motifs is 5. The summed E-state index contributed by atoms with van der Waals surface area (Å²) in [5, 5.41) is 18.5. The van der Waals surface area contributed by atoms with E-state index in [2.05, 4.69) is 29.9 Å². The molecule has 0 aliphatic heterocycles. The lowest BCUT2D eigenvalue weighted by molar-refractivity contribution is 0.0306. The van der Waals surface area contributed by atoms with Crippen LogP contribution in [0.25, 0.3) is 55.8 Å². The van der Waals surface area contributed by atoms with Crippen molar-refractivity contribution in [2.75, 3.05) is 19.8 Å². The summed E-state index contributed by atoms with van der Waals surface area (Å²) in [7, 11) is 19.8. The minimum Gasteiger partial charge on any atom is -0.508 e. The fourth-order valence-corrected chi connectivity index (χ4v) is 15.7. The van der Waals surface area contributed by atoms with Gasteiger partial charge >= 0.3 is 64.4 Å². The Morgan fingerprint density at radius 3 is 0.887 bits per heavy atom. The number of para-hydroxylation sites is 1. The number of anilines is 1. The highest BCUT2D eigenvalue weighted by molar-refractivity contribution is 6.02. The Morgan fingerprint density at radius 1 is 0.338 bits per heavy atom. The van der Waals surface area contributed by atoms with Crippen molar-refractivity contribution in [1.29, 1.82) is 0 Å². The lowest BCUT2D eigenvalue weighted by Crippen LogP contribution is -2.39. The number of aryl methyl sites for hydroxylation is 10. The summed E-state index contributed by atoms with van der Waals surface area (Å²) in [5.74, 6) is -3.13.